The summed E-state index contributed by atoms with van der Waals surface area (Å²) in [4.78, 5) is 3.30. The van der Waals surface area contributed by atoms with Crippen LogP contribution in [0.3, 0.4) is 0 Å². The van der Waals surface area contributed by atoms with Crippen LogP contribution < -0.4 is 10.6 Å². The van der Waals surface area contributed by atoms with E-state index in [2.05, 4.69) is 0 Å². The molecule has 1 fully saturated rings. The highest BCUT2D eigenvalue weighted by Crippen LogP contribution is 2.25. The lowest BCUT2D eigenvalue weighted by atomic mass is 10.1. The number of nitrogens with two attached hydrogens (primary N) is 1. The summed E-state index contributed by atoms with van der Waals surface area (Å²) in [5, 5.41) is 0. The minimum Gasteiger partial charge on any atom is -0.369 e. The van der Waals surface area contributed by atoms with Gasteiger partial charge in [-0.25, -0.2) is 4.39 Å². The molecule has 0 saturated carbocycles. The molecule has 118 valence electrons. The molecule has 1 aromatic rings. The van der Waals surface area contributed by atoms with Gasteiger partial charge in [-0.1, -0.05) is 6.07 Å². The Labute approximate surface area is 121 Å². The Morgan fingerprint density at radius 3 is 2.33 bits per heavy atom. The van der Waals surface area contributed by atoms with Gasteiger partial charge in [-0.15, -0.1) is 0 Å². The number of piperazine rings is 1. The first-order valence-electron chi connectivity index (χ1n) is 6.92. The van der Waals surface area contributed by atoms with E-state index in [0.717, 1.165) is 5.69 Å². The van der Waals surface area contributed by atoms with Crippen LogP contribution in [-0.2, 0) is 6.42 Å². The fourth-order valence-electron chi connectivity index (χ4n) is 2.64. The van der Waals surface area contributed by atoms with Crippen LogP contribution in [0.15, 0.2) is 18.2 Å². The highest BCUT2D eigenvalue weighted by atomic mass is 19.4. The number of alkyl halides is 3. The summed E-state index contributed by atoms with van der Waals surface area (Å²) in [5.74, 6) is -0.310. The zero-order chi connectivity index (χ0) is 15.5. The Bertz CT molecular complexity index is 468. The molecule has 21 heavy (non-hydrogen) atoms. The topological polar surface area (TPSA) is 32.5 Å². The zero-order valence-electron chi connectivity index (χ0n) is 11.7. The molecule has 0 aromatic heterocycles. The molecule has 3 nitrogen and oxygen atoms in total. The number of hydrogen-bond acceptors (Lipinski definition) is 3. The monoisotopic (exact) mass is 305 g/mol. The molecule has 2 rings (SSSR count). The molecule has 2 N–H and O–H groups in total. The van der Waals surface area contributed by atoms with Crippen molar-refractivity contribution in [2.75, 3.05) is 44.2 Å². The number of rotatable bonds is 4. The maximum absolute atomic E-state index is 13.8. The number of nitrogens with zero attached hydrogens (tertiary/aromatic N) is 2. The van der Waals surface area contributed by atoms with Crippen molar-refractivity contribution >= 4 is 5.69 Å². The third kappa shape index (κ3) is 4.31. The van der Waals surface area contributed by atoms with Crippen molar-refractivity contribution in [1.82, 2.24) is 4.90 Å². The Balaban J connectivity index is 2.04. The number of hydrogen-bond donors (Lipinski definition) is 1. The van der Waals surface area contributed by atoms with Gasteiger partial charge in [0, 0.05) is 37.4 Å². The van der Waals surface area contributed by atoms with E-state index < -0.39 is 12.7 Å². The van der Waals surface area contributed by atoms with Crippen LogP contribution in [0.5, 0.6) is 0 Å². The van der Waals surface area contributed by atoms with Crippen molar-refractivity contribution in [3.63, 3.8) is 0 Å². The van der Waals surface area contributed by atoms with Gasteiger partial charge in [0.15, 0.2) is 0 Å². The summed E-state index contributed by atoms with van der Waals surface area (Å²) in [6, 6.07) is 4.80. The summed E-state index contributed by atoms with van der Waals surface area (Å²) in [5.41, 5.74) is 6.79. The first kappa shape index (κ1) is 16.0. The van der Waals surface area contributed by atoms with E-state index in [9.17, 15) is 17.6 Å². The molecule has 0 bridgehead atoms. The molecule has 0 amide bonds. The second-order valence-corrected chi connectivity index (χ2v) is 5.15. The van der Waals surface area contributed by atoms with Crippen molar-refractivity contribution in [2.24, 2.45) is 5.73 Å². The number of halogens is 4. The molecular weight excluding hydrogens is 286 g/mol. The summed E-state index contributed by atoms with van der Waals surface area (Å²) < 4.78 is 50.9. The number of anilines is 1. The van der Waals surface area contributed by atoms with Gasteiger partial charge in [0.2, 0.25) is 0 Å². The van der Waals surface area contributed by atoms with Gasteiger partial charge in [-0.2, -0.15) is 13.2 Å². The predicted octanol–water partition coefficient (Wildman–Crippen LogP) is 2.01. The minimum atomic E-state index is -4.17. The molecule has 0 atom stereocenters. The summed E-state index contributed by atoms with van der Waals surface area (Å²) >= 11 is 0. The third-order valence-corrected chi connectivity index (χ3v) is 3.60. The third-order valence-electron chi connectivity index (χ3n) is 3.60. The molecule has 0 radical (unpaired) electrons. The minimum absolute atomic E-state index is 0.310. The second-order valence-electron chi connectivity index (χ2n) is 5.15. The summed E-state index contributed by atoms with van der Waals surface area (Å²) in [6.07, 6.45) is -3.75. The van der Waals surface area contributed by atoms with E-state index >= 15 is 0 Å². The zero-order valence-corrected chi connectivity index (χ0v) is 11.7. The van der Waals surface area contributed by atoms with E-state index in [1.165, 1.54) is 11.0 Å². The molecule has 1 aliphatic rings. The normalized spacial score (nSPS) is 17.3. The van der Waals surface area contributed by atoms with E-state index in [-0.39, 0.29) is 5.82 Å². The van der Waals surface area contributed by atoms with Crippen LogP contribution in [0.1, 0.15) is 5.56 Å². The molecule has 0 spiro atoms. The highest BCUT2D eigenvalue weighted by Gasteiger charge is 2.32. The standard InChI is InChI=1S/C14H19F4N3/c15-12-2-1-3-13(11(12)4-5-19)21-8-6-20(7-9-21)10-14(16,17)18/h1-3H,4-10,19H2. The van der Waals surface area contributed by atoms with Crippen molar-refractivity contribution in [2.45, 2.75) is 12.6 Å². The lowest BCUT2D eigenvalue weighted by Gasteiger charge is -2.37. The van der Waals surface area contributed by atoms with Crippen LogP contribution >= 0.6 is 0 Å². The molecule has 1 heterocycles. The van der Waals surface area contributed by atoms with Gasteiger partial charge in [0.25, 0.3) is 0 Å². The fourth-order valence-corrected chi connectivity index (χ4v) is 2.64. The molecular formula is C14H19F4N3. The maximum atomic E-state index is 13.8. The Morgan fingerprint density at radius 1 is 1.10 bits per heavy atom. The Kier molecular flexibility index (Phi) is 5.05. The Morgan fingerprint density at radius 2 is 1.76 bits per heavy atom. The predicted molar refractivity (Wildman–Crippen MR) is 73.9 cm³/mol. The SMILES string of the molecule is NCCc1c(F)cccc1N1CCN(CC(F)(F)F)CC1. The lowest BCUT2D eigenvalue weighted by Crippen LogP contribution is -2.49. The smallest absolute Gasteiger partial charge is 0.369 e. The van der Waals surface area contributed by atoms with Gasteiger partial charge in [0.1, 0.15) is 5.82 Å². The van der Waals surface area contributed by atoms with Crippen LogP contribution in [0, 0.1) is 5.82 Å². The Hall–Kier alpha value is -1.34. The van der Waals surface area contributed by atoms with Gasteiger partial charge >= 0.3 is 6.18 Å². The molecule has 0 unspecified atom stereocenters. The van der Waals surface area contributed by atoms with Crippen molar-refractivity contribution in [3.05, 3.63) is 29.6 Å². The van der Waals surface area contributed by atoms with E-state index in [0.29, 0.717) is 44.7 Å². The fraction of sp³-hybridized carbons (Fsp3) is 0.571. The molecule has 0 aliphatic carbocycles. The van der Waals surface area contributed by atoms with Gasteiger partial charge < -0.3 is 10.6 Å². The molecule has 1 saturated heterocycles. The van der Waals surface area contributed by atoms with Crippen LogP contribution in [0.2, 0.25) is 0 Å². The summed E-state index contributed by atoms with van der Waals surface area (Å²) in [7, 11) is 0. The van der Waals surface area contributed by atoms with Crippen molar-refractivity contribution in [3.8, 4) is 0 Å². The quantitative estimate of drug-likeness (QED) is 0.864. The first-order valence-corrected chi connectivity index (χ1v) is 6.92. The molecule has 7 heteroatoms. The van der Waals surface area contributed by atoms with Crippen molar-refractivity contribution in [1.29, 1.82) is 0 Å². The highest BCUT2D eigenvalue weighted by molar-refractivity contribution is 5.54. The maximum Gasteiger partial charge on any atom is 0.401 e. The second kappa shape index (κ2) is 6.62. The van der Waals surface area contributed by atoms with Crippen LogP contribution in [0.4, 0.5) is 23.2 Å². The van der Waals surface area contributed by atoms with Crippen LogP contribution in [0.25, 0.3) is 0 Å². The van der Waals surface area contributed by atoms with Gasteiger partial charge in [-0.3, -0.25) is 4.90 Å². The van der Waals surface area contributed by atoms with E-state index in [1.807, 2.05) is 4.90 Å². The average Bonchev–Trinajstić information content (AvgIpc) is 2.40. The van der Waals surface area contributed by atoms with E-state index in [4.69, 9.17) is 5.73 Å². The molecule has 1 aromatic carbocycles. The largest absolute Gasteiger partial charge is 0.401 e. The van der Waals surface area contributed by atoms with Crippen LogP contribution in [-0.4, -0.2) is 50.3 Å². The first-order chi connectivity index (χ1) is 9.90. The lowest BCUT2D eigenvalue weighted by molar-refractivity contribution is -0.146. The van der Waals surface area contributed by atoms with Crippen molar-refractivity contribution < 1.29 is 17.6 Å². The molecule has 1 aliphatic heterocycles. The summed E-state index contributed by atoms with van der Waals surface area (Å²) in [6.45, 7) is 0.992. The van der Waals surface area contributed by atoms with Gasteiger partial charge in [-0.05, 0) is 25.1 Å². The average molecular weight is 305 g/mol. The van der Waals surface area contributed by atoms with E-state index in [1.54, 1.807) is 12.1 Å². The van der Waals surface area contributed by atoms with Gasteiger partial charge in [0.05, 0.1) is 6.54 Å². The number of benzene rings is 1.